The Balaban J connectivity index is 1.46. The molecule has 0 spiro atoms. The second-order valence-electron chi connectivity index (χ2n) is 8.01. The summed E-state index contributed by atoms with van der Waals surface area (Å²) in [4.78, 5) is 1.91. The van der Waals surface area contributed by atoms with Gasteiger partial charge in [-0.25, -0.2) is 8.78 Å². The second kappa shape index (κ2) is 6.97. The lowest BCUT2D eigenvalue weighted by atomic mass is 9.88. The number of nitrogens with zero attached hydrogens (tertiary/aromatic N) is 2. The molecule has 2 heterocycles. The van der Waals surface area contributed by atoms with E-state index in [2.05, 4.69) is 34.5 Å². The maximum Gasteiger partial charge on any atom is 0.272 e. The quantitative estimate of drug-likeness (QED) is 0.588. The van der Waals surface area contributed by atoms with Crippen molar-refractivity contribution in [2.75, 3.05) is 18.6 Å². The largest absolute Gasteiger partial charge is 0.316 e. The third-order valence-electron chi connectivity index (χ3n) is 6.10. The van der Waals surface area contributed by atoms with Crippen LogP contribution in [0.5, 0.6) is 0 Å². The van der Waals surface area contributed by atoms with E-state index in [4.69, 9.17) is 5.21 Å². The number of anilines is 1. The van der Waals surface area contributed by atoms with Gasteiger partial charge in [-0.1, -0.05) is 24.3 Å². The van der Waals surface area contributed by atoms with Gasteiger partial charge < -0.3 is 4.57 Å². The fourth-order valence-corrected chi connectivity index (χ4v) is 4.55. The first kappa shape index (κ1) is 18.3. The Bertz CT molecular complexity index is 1060. The molecule has 29 heavy (non-hydrogen) atoms. The van der Waals surface area contributed by atoms with E-state index in [1.54, 1.807) is 0 Å². The number of aromatic nitrogens is 1. The fourth-order valence-electron chi connectivity index (χ4n) is 4.55. The van der Waals surface area contributed by atoms with Gasteiger partial charge in [0, 0.05) is 28.9 Å². The van der Waals surface area contributed by atoms with Gasteiger partial charge in [0.2, 0.25) is 0 Å². The van der Waals surface area contributed by atoms with Crippen molar-refractivity contribution in [1.29, 1.82) is 0 Å². The standard InChI is InChI=1S/C23H23F2N3O/c24-23(25)14-27(15-23)18-9-5-16(6-10-18)21-13-28(22-4-2-1-3-20(21)22)19-11-7-17(26-29)8-12-19/h1-5,7-8,11-13,18,26,29H,6,9-10,14-15H2. The monoisotopic (exact) mass is 395 g/mol. The number of alkyl halides is 2. The SMILES string of the molecule is ONc1ccc(-n2cc(C3=CCC(N4CC(F)(F)C4)CC3)c3ccccc32)cc1. The minimum Gasteiger partial charge on any atom is -0.316 e. The molecule has 1 atom stereocenters. The fraction of sp³-hybridized carbons (Fsp3) is 0.304. The van der Waals surface area contributed by atoms with E-state index in [0.29, 0.717) is 5.69 Å². The van der Waals surface area contributed by atoms with Crippen LogP contribution in [0.25, 0.3) is 22.2 Å². The molecule has 0 radical (unpaired) electrons. The zero-order chi connectivity index (χ0) is 20.0. The van der Waals surface area contributed by atoms with E-state index < -0.39 is 5.92 Å². The molecule has 0 saturated carbocycles. The van der Waals surface area contributed by atoms with Gasteiger partial charge in [0.25, 0.3) is 5.92 Å². The summed E-state index contributed by atoms with van der Waals surface area (Å²) < 4.78 is 28.5. The lowest BCUT2D eigenvalue weighted by Crippen LogP contribution is -2.60. The maximum atomic E-state index is 13.2. The third-order valence-corrected chi connectivity index (χ3v) is 6.10. The molecule has 0 bridgehead atoms. The lowest BCUT2D eigenvalue weighted by molar-refractivity contribution is -0.146. The van der Waals surface area contributed by atoms with Crippen LogP contribution >= 0.6 is 0 Å². The van der Waals surface area contributed by atoms with Gasteiger partial charge in [0.15, 0.2) is 0 Å². The molecule has 2 N–H and O–H groups in total. The molecule has 4 nitrogen and oxygen atoms in total. The summed E-state index contributed by atoms with van der Waals surface area (Å²) in [5.41, 5.74) is 7.43. The van der Waals surface area contributed by atoms with Gasteiger partial charge in [-0.2, -0.15) is 0 Å². The Morgan fingerprint density at radius 3 is 2.45 bits per heavy atom. The average molecular weight is 395 g/mol. The number of halogens is 2. The van der Waals surface area contributed by atoms with Gasteiger partial charge in [0.1, 0.15) is 0 Å². The smallest absolute Gasteiger partial charge is 0.272 e. The summed E-state index contributed by atoms with van der Waals surface area (Å²) in [7, 11) is 0. The Hall–Kier alpha value is -2.70. The number of para-hydroxylation sites is 1. The van der Waals surface area contributed by atoms with Crippen LogP contribution in [0.1, 0.15) is 24.8 Å². The van der Waals surface area contributed by atoms with Crippen LogP contribution in [-0.4, -0.2) is 39.7 Å². The molecule has 1 aromatic heterocycles. The van der Waals surface area contributed by atoms with Gasteiger partial charge >= 0.3 is 0 Å². The van der Waals surface area contributed by atoms with Crippen molar-refractivity contribution in [3.63, 3.8) is 0 Å². The number of nitrogens with one attached hydrogen (secondary N) is 1. The van der Waals surface area contributed by atoms with E-state index in [9.17, 15) is 8.78 Å². The number of hydrogen-bond acceptors (Lipinski definition) is 3. The van der Waals surface area contributed by atoms with Crippen LogP contribution in [-0.2, 0) is 0 Å². The number of benzene rings is 2. The molecule has 1 fully saturated rings. The average Bonchev–Trinajstić information content (AvgIpc) is 3.12. The molecule has 150 valence electrons. The molecule has 5 rings (SSSR count). The Kier molecular flexibility index (Phi) is 4.41. The summed E-state index contributed by atoms with van der Waals surface area (Å²) in [6.45, 7) is -0.197. The van der Waals surface area contributed by atoms with Crippen molar-refractivity contribution in [1.82, 2.24) is 9.47 Å². The van der Waals surface area contributed by atoms with Crippen molar-refractivity contribution >= 4 is 22.2 Å². The highest BCUT2D eigenvalue weighted by molar-refractivity contribution is 5.94. The highest BCUT2D eigenvalue weighted by Crippen LogP contribution is 2.38. The first-order valence-electron chi connectivity index (χ1n) is 9.96. The molecule has 0 amide bonds. The second-order valence-corrected chi connectivity index (χ2v) is 8.01. The maximum absolute atomic E-state index is 13.2. The van der Waals surface area contributed by atoms with Crippen LogP contribution in [0, 0.1) is 0 Å². The molecule has 6 heteroatoms. The first-order chi connectivity index (χ1) is 14.0. The summed E-state index contributed by atoms with van der Waals surface area (Å²) >= 11 is 0. The molecule has 1 aliphatic carbocycles. The van der Waals surface area contributed by atoms with Crippen LogP contribution in [0.3, 0.4) is 0 Å². The summed E-state index contributed by atoms with van der Waals surface area (Å²) in [6, 6.07) is 16.1. The van der Waals surface area contributed by atoms with E-state index in [-0.39, 0.29) is 19.1 Å². The van der Waals surface area contributed by atoms with E-state index in [1.165, 1.54) is 16.5 Å². The molecule has 1 unspecified atom stereocenters. The van der Waals surface area contributed by atoms with Gasteiger partial charge in [-0.15, -0.1) is 0 Å². The van der Waals surface area contributed by atoms with Crippen molar-refractivity contribution in [2.24, 2.45) is 0 Å². The van der Waals surface area contributed by atoms with Crippen molar-refractivity contribution in [3.8, 4) is 5.69 Å². The van der Waals surface area contributed by atoms with Gasteiger partial charge in [-0.05, 0) is 55.2 Å². The van der Waals surface area contributed by atoms with Crippen molar-refractivity contribution in [2.45, 2.75) is 31.2 Å². The Morgan fingerprint density at radius 1 is 1.03 bits per heavy atom. The van der Waals surface area contributed by atoms with Crippen LogP contribution < -0.4 is 5.48 Å². The topological polar surface area (TPSA) is 40.4 Å². The van der Waals surface area contributed by atoms with Crippen molar-refractivity contribution in [3.05, 3.63) is 66.4 Å². The molecule has 3 aromatic rings. The van der Waals surface area contributed by atoms with Crippen LogP contribution in [0.4, 0.5) is 14.5 Å². The third kappa shape index (κ3) is 3.32. The van der Waals surface area contributed by atoms with Crippen LogP contribution in [0.15, 0.2) is 60.8 Å². The Labute approximate surface area is 168 Å². The highest BCUT2D eigenvalue weighted by atomic mass is 19.3. The zero-order valence-corrected chi connectivity index (χ0v) is 16.0. The minimum atomic E-state index is -2.50. The number of likely N-dealkylation sites (tertiary alicyclic amines) is 1. The molecular weight excluding hydrogens is 372 g/mol. The van der Waals surface area contributed by atoms with Crippen molar-refractivity contribution < 1.29 is 14.0 Å². The number of hydrogen-bond donors (Lipinski definition) is 2. The van der Waals surface area contributed by atoms with E-state index in [1.807, 2.05) is 41.3 Å². The zero-order valence-electron chi connectivity index (χ0n) is 16.0. The normalized spacial score (nSPS) is 21.6. The first-order valence-corrected chi connectivity index (χ1v) is 9.96. The molecule has 2 aliphatic rings. The highest BCUT2D eigenvalue weighted by Gasteiger charge is 2.46. The number of fused-ring (bicyclic) bond motifs is 1. The summed E-state index contributed by atoms with van der Waals surface area (Å²) in [5.74, 6) is -2.50. The molecule has 1 aliphatic heterocycles. The van der Waals surface area contributed by atoms with E-state index >= 15 is 0 Å². The number of allylic oxidation sites excluding steroid dienone is 1. The summed E-state index contributed by atoms with van der Waals surface area (Å²) in [6.07, 6.45) is 7.03. The minimum absolute atomic E-state index is 0.0984. The van der Waals surface area contributed by atoms with Gasteiger partial charge in [-0.3, -0.25) is 15.6 Å². The predicted molar refractivity (Wildman–Crippen MR) is 111 cm³/mol. The van der Waals surface area contributed by atoms with Crippen LogP contribution in [0.2, 0.25) is 0 Å². The van der Waals surface area contributed by atoms with Gasteiger partial charge in [0.05, 0.1) is 24.3 Å². The molecular formula is C23H23F2N3O. The predicted octanol–water partition coefficient (Wildman–Crippen LogP) is 5.32. The molecule has 2 aromatic carbocycles. The molecule has 1 saturated heterocycles. The number of rotatable bonds is 4. The van der Waals surface area contributed by atoms with E-state index in [0.717, 1.165) is 30.5 Å². The Morgan fingerprint density at radius 2 is 1.79 bits per heavy atom. The lowest BCUT2D eigenvalue weighted by Gasteiger charge is -2.44. The summed E-state index contributed by atoms with van der Waals surface area (Å²) in [5, 5.41) is 10.2.